The summed E-state index contributed by atoms with van der Waals surface area (Å²) in [5.74, 6) is 0.740. The van der Waals surface area contributed by atoms with Crippen molar-refractivity contribution in [2.45, 2.75) is 58.1 Å². The Kier molecular flexibility index (Phi) is 4.83. The summed E-state index contributed by atoms with van der Waals surface area (Å²) in [6, 6.07) is 8.12. The number of ether oxygens (including phenoxy) is 1. The highest BCUT2D eigenvalue weighted by atomic mass is 16.5. The van der Waals surface area contributed by atoms with Crippen molar-refractivity contribution in [3.8, 4) is 5.75 Å². The number of carbonyl (C=O) groups is 1. The summed E-state index contributed by atoms with van der Waals surface area (Å²) >= 11 is 0. The molecule has 0 unspecified atom stereocenters. The van der Waals surface area contributed by atoms with Crippen LogP contribution >= 0.6 is 0 Å². The highest BCUT2D eigenvalue weighted by molar-refractivity contribution is 5.81. The number of hydrogen-bond acceptors (Lipinski definition) is 2. The van der Waals surface area contributed by atoms with Crippen molar-refractivity contribution in [2.75, 3.05) is 0 Å². The molecule has 0 aromatic heterocycles. The minimum absolute atomic E-state index is 0.00697. The monoisotopic (exact) mass is 261 g/mol. The number of nitrogens with one attached hydrogen (secondary N) is 1. The van der Waals surface area contributed by atoms with Gasteiger partial charge in [-0.3, -0.25) is 4.79 Å². The number of rotatable bonds is 4. The fourth-order valence-corrected chi connectivity index (χ4v) is 2.44. The summed E-state index contributed by atoms with van der Waals surface area (Å²) in [5, 5.41) is 3.09. The van der Waals surface area contributed by atoms with Gasteiger partial charge in [-0.25, -0.2) is 0 Å². The van der Waals surface area contributed by atoms with E-state index in [1.165, 1.54) is 24.8 Å². The standard InChI is InChI=1S/C16H23NO2/c1-12-8-10-15(11-9-12)19-13(2)16(18)17-14-6-4-3-5-7-14/h8-11,13-14H,3-7H2,1-2H3,(H,17,18)/t13-/m0/s1. The molecule has 0 saturated heterocycles. The van der Waals surface area contributed by atoms with Gasteiger partial charge in [0.25, 0.3) is 5.91 Å². The molecule has 1 aliphatic rings. The Morgan fingerprint density at radius 2 is 1.84 bits per heavy atom. The Morgan fingerprint density at radius 1 is 1.21 bits per heavy atom. The zero-order valence-corrected chi connectivity index (χ0v) is 11.8. The van der Waals surface area contributed by atoms with E-state index in [4.69, 9.17) is 4.74 Å². The van der Waals surface area contributed by atoms with E-state index in [-0.39, 0.29) is 5.91 Å². The zero-order chi connectivity index (χ0) is 13.7. The van der Waals surface area contributed by atoms with E-state index in [2.05, 4.69) is 5.32 Å². The molecule has 0 aliphatic heterocycles. The van der Waals surface area contributed by atoms with Crippen molar-refractivity contribution in [3.63, 3.8) is 0 Å². The quantitative estimate of drug-likeness (QED) is 0.903. The van der Waals surface area contributed by atoms with Gasteiger partial charge in [0, 0.05) is 6.04 Å². The molecule has 19 heavy (non-hydrogen) atoms. The minimum Gasteiger partial charge on any atom is -0.481 e. The summed E-state index contributed by atoms with van der Waals surface area (Å²) in [6.07, 6.45) is 5.49. The van der Waals surface area contributed by atoms with Crippen molar-refractivity contribution >= 4 is 5.91 Å². The topological polar surface area (TPSA) is 38.3 Å². The molecule has 104 valence electrons. The second kappa shape index (κ2) is 6.60. The lowest BCUT2D eigenvalue weighted by Gasteiger charge is -2.24. The van der Waals surface area contributed by atoms with Crippen molar-refractivity contribution in [2.24, 2.45) is 0 Å². The molecule has 1 aromatic rings. The van der Waals surface area contributed by atoms with Gasteiger partial charge in [-0.2, -0.15) is 0 Å². The average molecular weight is 261 g/mol. The molecule has 3 nitrogen and oxygen atoms in total. The predicted molar refractivity (Wildman–Crippen MR) is 76.3 cm³/mol. The molecular weight excluding hydrogens is 238 g/mol. The zero-order valence-electron chi connectivity index (χ0n) is 11.8. The first-order valence-corrected chi connectivity index (χ1v) is 7.19. The molecule has 1 amide bonds. The van der Waals surface area contributed by atoms with E-state index in [1.54, 1.807) is 6.92 Å². The minimum atomic E-state index is -0.440. The van der Waals surface area contributed by atoms with Gasteiger partial charge in [-0.05, 0) is 38.8 Å². The van der Waals surface area contributed by atoms with Gasteiger partial charge in [0.2, 0.25) is 0 Å². The lowest BCUT2D eigenvalue weighted by atomic mass is 9.95. The first-order chi connectivity index (χ1) is 9.15. The maximum Gasteiger partial charge on any atom is 0.260 e. The second-order valence-corrected chi connectivity index (χ2v) is 5.42. The summed E-state index contributed by atoms with van der Waals surface area (Å²) < 4.78 is 5.66. The highest BCUT2D eigenvalue weighted by Crippen LogP contribution is 2.18. The van der Waals surface area contributed by atoms with E-state index in [0.717, 1.165) is 18.6 Å². The van der Waals surface area contributed by atoms with Crippen LogP contribution in [0.15, 0.2) is 24.3 Å². The van der Waals surface area contributed by atoms with Crippen LogP contribution in [0, 0.1) is 6.92 Å². The summed E-state index contributed by atoms with van der Waals surface area (Å²) in [6.45, 7) is 3.83. The number of aryl methyl sites for hydroxylation is 1. The Morgan fingerprint density at radius 3 is 2.47 bits per heavy atom. The molecule has 1 saturated carbocycles. The molecular formula is C16H23NO2. The molecule has 1 N–H and O–H groups in total. The first kappa shape index (κ1) is 13.9. The van der Waals surface area contributed by atoms with Crippen molar-refractivity contribution in [3.05, 3.63) is 29.8 Å². The smallest absolute Gasteiger partial charge is 0.260 e. The highest BCUT2D eigenvalue weighted by Gasteiger charge is 2.20. The summed E-state index contributed by atoms with van der Waals surface area (Å²) in [5.41, 5.74) is 1.19. The third-order valence-electron chi connectivity index (χ3n) is 3.65. The maximum absolute atomic E-state index is 12.0. The molecule has 1 fully saturated rings. The van der Waals surface area contributed by atoms with E-state index >= 15 is 0 Å². The molecule has 0 radical (unpaired) electrons. The molecule has 1 atom stereocenters. The van der Waals surface area contributed by atoms with E-state index < -0.39 is 6.10 Å². The molecule has 1 aromatic carbocycles. The second-order valence-electron chi connectivity index (χ2n) is 5.42. The third kappa shape index (κ3) is 4.27. The fourth-order valence-electron chi connectivity index (χ4n) is 2.44. The van der Waals surface area contributed by atoms with Crippen LogP contribution in [0.1, 0.15) is 44.6 Å². The van der Waals surface area contributed by atoms with Crippen LogP contribution in [0.2, 0.25) is 0 Å². The molecule has 0 spiro atoms. The van der Waals surface area contributed by atoms with Crippen LogP contribution in [-0.2, 0) is 4.79 Å². The van der Waals surface area contributed by atoms with Crippen molar-refractivity contribution in [1.29, 1.82) is 0 Å². The van der Waals surface area contributed by atoms with E-state index in [1.807, 2.05) is 31.2 Å². The van der Waals surface area contributed by atoms with Gasteiger partial charge in [0.15, 0.2) is 6.10 Å². The predicted octanol–water partition coefficient (Wildman–Crippen LogP) is 3.21. The first-order valence-electron chi connectivity index (χ1n) is 7.19. The van der Waals surface area contributed by atoms with Gasteiger partial charge in [0.1, 0.15) is 5.75 Å². The van der Waals surface area contributed by atoms with Crippen LogP contribution in [0.4, 0.5) is 0 Å². The summed E-state index contributed by atoms with van der Waals surface area (Å²) in [4.78, 5) is 12.0. The third-order valence-corrected chi connectivity index (χ3v) is 3.65. The lowest BCUT2D eigenvalue weighted by Crippen LogP contribution is -2.43. The van der Waals surface area contributed by atoms with Gasteiger partial charge in [0.05, 0.1) is 0 Å². The molecule has 0 bridgehead atoms. The average Bonchev–Trinajstić information content (AvgIpc) is 2.42. The Bertz CT molecular complexity index is 407. The number of hydrogen-bond donors (Lipinski definition) is 1. The van der Waals surface area contributed by atoms with Gasteiger partial charge in [-0.15, -0.1) is 0 Å². The van der Waals surface area contributed by atoms with Gasteiger partial charge < -0.3 is 10.1 Å². The number of amides is 1. The molecule has 2 rings (SSSR count). The maximum atomic E-state index is 12.0. The lowest BCUT2D eigenvalue weighted by molar-refractivity contribution is -0.128. The van der Waals surface area contributed by atoms with Crippen LogP contribution in [0.5, 0.6) is 5.75 Å². The van der Waals surface area contributed by atoms with Crippen LogP contribution in [0.25, 0.3) is 0 Å². The van der Waals surface area contributed by atoms with Gasteiger partial charge >= 0.3 is 0 Å². The van der Waals surface area contributed by atoms with E-state index in [9.17, 15) is 4.79 Å². The Labute approximate surface area is 115 Å². The van der Waals surface area contributed by atoms with Crippen LogP contribution in [-0.4, -0.2) is 18.1 Å². The van der Waals surface area contributed by atoms with Gasteiger partial charge in [-0.1, -0.05) is 37.0 Å². The Balaban J connectivity index is 1.83. The van der Waals surface area contributed by atoms with Crippen LogP contribution in [0.3, 0.4) is 0 Å². The fraction of sp³-hybridized carbons (Fsp3) is 0.562. The molecule has 0 heterocycles. The largest absolute Gasteiger partial charge is 0.481 e. The van der Waals surface area contributed by atoms with Crippen molar-refractivity contribution in [1.82, 2.24) is 5.32 Å². The molecule has 3 heteroatoms. The SMILES string of the molecule is Cc1ccc(O[C@@H](C)C(=O)NC2CCCCC2)cc1. The van der Waals surface area contributed by atoms with Crippen LogP contribution < -0.4 is 10.1 Å². The molecule has 1 aliphatic carbocycles. The van der Waals surface area contributed by atoms with E-state index in [0.29, 0.717) is 6.04 Å². The number of carbonyl (C=O) groups excluding carboxylic acids is 1. The summed E-state index contributed by atoms with van der Waals surface area (Å²) in [7, 11) is 0. The normalized spacial score (nSPS) is 17.8. The van der Waals surface area contributed by atoms with Crippen molar-refractivity contribution < 1.29 is 9.53 Å². The number of benzene rings is 1. The Hall–Kier alpha value is -1.51.